The molecule has 0 saturated carbocycles. The van der Waals surface area contributed by atoms with Crippen LogP contribution in [0.1, 0.15) is 60.8 Å². The van der Waals surface area contributed by atoms with Gasteiger partial charge in [0.1, 0.15) is 0 Å². The molecule has 2 unspecified atom stereocenters. The zero-order valence-electron chi connectivity index (χ0n) is 12.7. The molecule has 0 fully saturated rings. The maximum absolute atomic E-state index is 2.31. The van der Waals surface area contributed by atoms with Crippen molar-refractivity contribution < 1.29 is 51.0 Å². The third kappa shape index (κ3) is 4.57. The van der Waals surface area contributed by atoms with Crippen molar-refractivity contribution in [1.82, 2.24) is 0 Å². The number of rotatable bonds is 0. The average Bonchev–Trinajstić information content (AvgIpc) is 3.06. The van der Waals surface area contributed by atoms with E-state index in [1.54, 1.807) is 22.3 Å². The molecule has 0 saturated heterocycles. The van der Waals surface area contributed by atoms with Gasteiger partial charge in [-0.1, -0.05) is 51.4 Å². The molecule has 0 aliphatic heterocycles. The van der Waals surface area contributed by atoms with Crippen molar-refractivity contribution in [2.75, 3.05) is 0 Å². The third-order valence-electron chi connectivity index (χ3n) is 4.64. The summed E-state index contributed by atoms with van der Waals surface area (Å²) in [5.41, 5.74) is 6.36. The molecule has 21 heavy (non-hydrogen) atoms. The predicted molar refractivity (Wildman–Crippen MR) is 77.5 cm³/mol. The first-order valence-corrected chi connectivity index (χ1v) is 7.24. The Morgan fingerprint density at radius 2 is 1.19 bits per heavy atom. The molecule has 0 amide bonds. The SMILES string of the molecule is CC1CCc2[cH-]ccc21.CC1CCc2[cH-]ccc21.[Cl-].[Cl-].[Zr+4]. The molecule has 2 atom stereocenters. The minimum Gasteiger partial charge on any atom is -1.00 e. The summed E-state index contributed by atoms with van der Waals surface area (Å²) < 4.78 is 0. The topological polar surface area (TPSA) is 0 Å². The molecule has 2 aliphatic rings. The number of hydrogen-bond donors (Lipinski definition) is 0. The van der Waals surface area contributed by atoms with Gasteiger partial charge in [0.25, 0.3) is 0 Å². The molecule has 0 heterocycles. The Morgan fingerprint density at radius 1 is 0.810 bits per heavy atom. The van der Waals surface area contributed by atoms with Gasteiger partial charge in [-0.15, -0.1) is 0 Å². The third-order valence-corrected chi connectivity index (χ3v) is 4.64. The Kier molecular flexibility index (Phi) is 9.41. The van der Waals surface area contributed by atoms with Gasteiger partial charge in [-0.2, -0.15) is 46.5 Å². The number of halogens is 2. The van der Waals surface area contributed by atoms with Crippen LogP contribution in [0.15, 0.2) is 36.4 Å². The summed E-state index contributed by atoms with van der Waals surface area (Å²) in [4.78, 5) is 0. The zero-order valence-corrected chi connectivity index (χ0v) is 16.7. The zero-order chi connectivity index (χ0) is 12.5. The number of aryl methyl sites for hydroxylation is 2. The Hall–Kier alpha value is 0.163. The Labute approximate surface area is 160 Å². The van der Waals surface area contributed by atoms with Gasteiger partial charge < -0.3 is 24.8 Å². The van der Waals surface area contributed by atoms with Crippen molar-refractivity contribution in [2.45, 2.75) is 51.4 Å². The van der Waals surface area contributed by atoms with E-state index in [0.29, 0.717) is 0 Å². The maximum atomic E-state index is 2.31. The van der Waals surface area contributed by atoms with Gasteiger partial charge in [0.15, 0.2) is 0 Å². The van der Waals surface area contributed by atoms with Gasteiger partial charge in [0.05, 0.1) is 0 Å². The van der Waals surface area contributed by atoms with Crippen LogP contribution in [-0.4, -0.2) is 0 Å². The average molecular weight is 401 g/mol. The fraction of sp³-hybridized carbons (Fsp3) is 0.444. The van der Waals surface area contributed by atoms with Gasteiger partial charge >= 0.3 is 26.2 Å². The monoisotopic (exact) mass is 398 g/mol. The van der Waals surface area contributed by atoms with Crippen LogP contribution in [-0.2, 0) is 39.0 Å². The van der Waals surface area contributed by atoms with Crippen molar-refractivity contribution in [2.24, 2.45) is 0 Å². The van der Waals surface area contributed by atoms with Crippen molar-refractivity contribution in [1.29, 1.82) is 0 Å². The molecule has 4 rings (SSSR count). The Morgan fingerprint density at radius 3 is 1.52 bits per heavy atom. The molecule has 0 radical (unpaired) electrons. The summed E-state index contributed by atoms with van der Waals surface area (Å²) in [6.45, 7) is 4.62. The fourth-order valence-corrected chi connectivity index (χ4v) is 3.41. The summed E-state index contributed by atoms with van der Waals surface area (Å²) in [6.07, 6.45) is 5.35. The van der Waals surface area contributed by atoms with Crippen LogP contribution in [0.5, 0.6) is 0 Å². The molecule has 0 spiro atoms. The normalized spacial score (nSPS) is 20.9. The summed E-state index contributed by atoms with van der Waals surface area (Å²) >= 11 is 0. The first kappa shape index (κ1) is 21.2. The second-order valence-corrected chi connectivity index (χ2v) is 5.89. The van der Waals surface area contributed by atoms with E-state index < -0.39 is 0 Å². The first-order chi connectivity index (χ1) is 8.75. The molecule has 2 aliphatic carbocycles. The van der Waals surface area contributed by atoms with Gasteiger partial charge in [-0.3, -0.25) is 0 Å². The van der Waals surface area contributed by atoms with E-state index in [0.717, 1.165) is 11.8 Å². The van der Waals surface area contributed by atoms with Gasteiger partial charge in [-0.25, -0.2) is 12.1 Å². The largest absolute Gasteiger partial charge is 4.00 e. The van der Waals surface area contributed by atoms with E-state index in [1.807, 2.05) is 0 Å². The van der Waals surface area contributed by atoms with Crippen LogP contribution in [0.2, 0.25) is 0 Å². The minimum atomic E-state index is 0. The fourth-order valence-electron chi connectivity index (χ4n) is 3.41. The standard InChI is InChI=1S/2C9H11.2ClH.Zr/c2*1-7-5-6-8-3-2-4-9(7)8;;;/h2*2-4,7H,5-6H2,1H3;2*1H;/q2*-1;;;+4/p-2. The summed E-state index contributed by atoms with van der Waals surface area (Å²) in [7, 11) is 0. The van der Waals surface area contributed by atoms with E-state index in [-0.39, 0.29) is 51.0 Å². The minimum absolute atomic E-state index is 0. The van der Waals surface area contributed by atoms with Crippen LogP contribution < -0.4 is 24.8 Å². The Bertz CT molecular complexity index is 479. The molecule has 3 heteroatoms. The first-order valence-electron chi connectivity index (χ1n) is 7.24. The predicted octanol–water partition coefficient (Wildman–Crippen LogP) is -1.08. The van der Waals surface area contributed by atoms with E-state index in [4.69, 9.17) is 0 Å². The van der Waals surface area contributed by atoms with Crippen LogP contribution in [0, 0.1) is 0 Å². The summed E-state index contributed by atoms with van der Waals surface area (Å²) in [6, 6.07) is 13.3. The number of hydrogen-bond acceptors (Lipinski definition) is 0. The van der Waals surface area contributed by atoms with Crippen molar-refractivity contribution in [3.8, 4) is 0 Å². The van der Waals surface area contributed by atoms with Crippen LogP contribution >= 0.6 is 0 Å². The van der Waals surface area contributed by atoms with E-state index in [2.05, 4.69) is 50.2 Å². The van der Waals surface area contributed by atoms with Crippen LogP contribution in [0.4, 0.5) is 0 Å². The Balaban J connectivity index is 0.000000333. The quantitative estimate of drug-likeness (QED) is 0.494. The molecule has 2 aromatic carbocycles. The van der Waals surface area contributed by atoms with Crippen molar-refractivity contribution in [3.63, 3.8) is 0 Å². The summed E-state index contributed by atoms with van der Waals surface area (Å²) in [5.74, 6) is 1.66. The molecule has 0 bridgehead atoms. The van der Waals surface area contributed by atoms with Gasteiger partial charge in [0.2, 0.25) is 0 Å². The van der Waals surface area contributed by atoms with Crippen molar-refractivity contribution >= 4 is 0 Å². The summed E-state index contributed by atoms with van der Waals surface area (Å²) in [5, 5.41) is 0. The molecular formula is C18H22Cl2Zr. The molecular weight excluding hydrogens is 378 g/mol. The van der Waals surface area contributed by atoms with Crippen molar-refractivity contribution in [3.05, 3.63) is 58.7 Å². The van der Waals surface area contributed by atoms with Crippen LogP contribution in [0.25, 0.3) is 0 Å². The second-order valence-electron chi connectivity index (χ2n) is 5.89. The molecule has 2 aromatic rings. The van der Waals surface area contributed by atoms with Gasteiger partial charge in [-0.05, 0) is 0 Å². The van der Waals surface area contributed by atoms with E-state index >= 15 is 0 Å². The smallest absolute Gasteiger partial charge is 1.00 e. The van der Waals surface area contributed by atoms with E-state index in [9.17, 15) is 0 Å². The molecule has 0 aromatic heterocycles. The van der Waals surface area contributed by atoms with Crippen LogP contribution in [0.3, 0.4) is 0 Å². The van der Waals surface area contributed by atoms with Gasteiger partial charge in [0, 0.05) is 0 Å². The molecule has 112 valence electrons. The maximum Gasteiger partial charge on any atom is 4.00 e. The second kappa shape index (κ2) is 9.34. The molecule has 0 N–H and O–H groups in total. The number of fused-ring (bicyclic) bond motifs is 2. The molecule has 0 nitrogen and oxygen atoms in total. The van der Waals surface area contributed by atoms with E-state index in [1.165, 1.54) is 25.7 Å².